The van der Waals surface area contributed by atoms with Crippen LogP contribution >= 0.6 is 11.6 Å². The molecule has 0 amide bonds. The van der Waals surface area contributed by atoms with Crippen LogP contribution < -0.4 is 10.1 Å². The molecule has 2 saturated carbocycles. The Bertz CT molecular complexity index is 1380. The van der Waals surface area contributed by atoms with Gasteiger partial charge in [0.1, 0.15) is 0 Å². The fourth-order valence-corrected chi connectivity index (χ4v) is 6.42. The van der Waals surface area contributed by atoms with Gasteiger partial charge < -0.3 is 25.2 Å². The number of Topliss-reactive ketones (excluding diaryl/α,β-unsaturated/α-hetero) is 1. The van der Waals surface area contributed by atoms with Crippen molar-refractivity contribution in [3.05, 3.63) is 47.1 Å². The number of ether oxygens (including phenoxy) is 1. The van der Waals surface area contributed by atoms with E-state index in [-0.39, 0.29) is 34.6 Å². The second kappa shape index (κ2) is 11.0. The quantitative estimate of drug-likeness (QED) is 0.301. The van der Waals surface area contributed by atoms with Gasteiger partial charge >= 0.3 is 0 Å². The summed E-state index contributed by atoms with van der Waals surface area (Å²) >= 11 is 6.29. The number of hydrogen-bond donors (Lipinski definition) is 3. The van der Waals surface area contributed by atoms with Crippen LogP contribution in [0.3, 0.4) is 0 Å². The predicted molar refractivity (Wildman–Crippen MR) is 154 cm³/mol. The third-order valence-electron chi connectivity index (χ3n) is 8.62. The Kier molecular flexibility index (Phi) is 7.40. The Morgan fingerprint density at radius 1 is 1.10 bits per heavy atom. The number of fused-ring (bicyclic) bond motifs is 1. The highest BCUT2D eigenvalue weighted by atomic mass is 35.5. The van der Waals surface area contributed by atoms with Gasteiger partial charge in [0.05, 0.1) is 35.0 Å². The van der Waals surface area contributed by atoms with Crippen LogP contribution in [0.25, 0.3) is 22.0 Å². The minimum Gasteiger partial charge on any atom is -0.503 e. The lowest BCUT2D eigenvalue weighted by atomic mass is 9.85. The molecule has 0 bridgehead atoms. The van der Waals surface area contributed by atoms with Gasteiger partial charge in [-0.2, -0.15) is 0 Å². The molecule has 1 saturated heterocycles. The van der Waals surface area contributed by atoms with E-state index in [4.69, 9.17) is 16.3 Å². The number of phenolic OH excluding ortho intramolecular Hbond substituents is 1. The molecule has 1 atom stereocenters. The van der Waals surface area contributed by atoms with E-state index in [1.54, 1.807) is 18.3 Å². The van der Waals surface area contributed by atoms with Crippen molar-refractivity contribution in [2.45, 2.75) is 57.1 Å². The lowest BCUT2D eigenvalue weighted by molar-refractivity contribution is 0.0968. The summed E-state index contributed by atoms with van der Waals surface area (Å²) in [6.45, 7) is 2.86. The third kappa shape index (κ3) is 5.58. The molecule has 6 rings (SSSR count). The first kappa shape index (κ1) is 26.4. The molecule has 3 aliphatic rings. The summed E-state index contributed by atoms with van der Waals surface area (Å²) in [4.78, 5) is 20.4. The number of β-amino-alcohol motifs (C(OH)–C–C–N with tert-alkyl or cyclic N) is 1. The average Bonchev–Trinajstić information content (AvgIpc) is 3.72. The van der Waals surface area contributed by atoms with Crippen molar-refractivity contribution in [1.29, 1.82) is 0 Å². The number of aliphatic hydroxyl groups is 1. The molecule has 3 N–H and O–H groups in total. The Labute approximate surface area is 234 Å². The minimum atomic E-state index is -0.172. The van der Waals surface area contributed by atoms with E-state index in [1.807, 2.05) is 12.1 Å². The molecule has 3 aromatic rings. The van der Waals surface area contributed by atoms with E-state index >= 15 is 0 Å². The summed E-state index contributed by atoms with van der Waals surface area (Å²) < 4.78 is 5.32. The van der Waals surface area contributed by atoms with Crippen molar-refractivity contribution < 1.29 is 19.7 Å². The molecule has 0 spiro atoms. The molecule has 3 fully saturated rings. The van der Waals surface area contributed by atoms with Gasteiger partial charge in [0, 0.05) is 43.2 Å². The highest BCUT2D eigenvalue weighted by Gasteiger charge is 2.33. The molecule has 1 unspecified atom stereocenters. The largest absolute Gasteiger partial charge is 0.503 e. The van der Waals surface area contributed by atoms with Crippen molar-refractivity contribution in [1.82, 2.24) is 9.88 Å². The van der Waals surface area contributed by atoms with Gasteiger partial charge in [0.25, 0.3) is 0 Å². The van der Waals surface area contributed by atoms with Crippen LogP contribution in [0.5, 0.6) is 11.5 Å². The number of carbonyl (C=O) groups excluding carboxylic acids is 1. The second-order valence-corrected chi connectivity index (χ2v) is 11.9. The van der Waals surface area contributed by atoms with Crippen molar-refractivity contribution in [3.8, 4) is 22.6 Å². The summed E-state index contributed by atoms with van der Waals surface area (Å²) in [6, 6.07) is 9.78. The van der Waals surface area contributed by atoms with Gasteiger partial charge in [-0.25, -0.2) is 0 Å². The van der Waals surface area contributed by atoms with Gasteiger partial charge in [-0.05, 0) is 86.3 Å². The summed E-state index contributed by atoms with van der Waals surface area (Å²) in [5.74, 6) is 1.15. The summed E-state index contributed by atoms with van der Waals surface area (Å²) in [6.07, 6.45) is 8.71. The van der Waals surface area contributed by atoms with E-state index in [1.165, 1.54) is 7.11 Å². The SMILES string of the molecule is COc1cc(-c2ccc3ncc(C(=O)C4CC4)c(N[C@H]4CC[C@H](CN5CCC(O)C5)CC4)c3c2)cc(Cl)c1O. The van der Waals surface area contributed by atoms with Crippen LogP contribution in [0, 0.1) is 11.8 Å². The van der Waals surface area contributed by atoms with Crippen LogP contribution in [0.1, 0.15) is 55.3 Å². The maximum atomic E-state index is 13.3. The van der Waals surface area contributed by atoms with Gasteiger partial charge in [0.2, 0.25) is 0 Å². The number of methoxy groups -OCH3 is 1. The molecule has 7 nitrogen and oxygen atoms in total. The minimum absolute atomic E-state index is 0.0819. The molecule has 39 heavy (non-hydrogen) atoms. The molecule has 1 aliphatic heterocycles. The number of pyridine rings is 1. The Morgan fingerprint density at radius 3 is 2.59 bits per heavy atom. The van der Waals surface area contributed by atoms with Crippen LogP contribution in [0.4, 0.5) is 5.69 Å². The zero-order chi connectivity index (χ0) is 27.1. The van der Waals surface area contributed by atoms with Crippen LogP contribution in [-0.2, 0) is 0 Å². The fourth-order valence-electron chi connectivity index (χ4n) is 6.21. The van der Waals surface area contributed by atoms with Crippen molar-refractivity contribution >= 4 is 34.0 Å². The van der Waals surface area contributed by atoms with E-state index in [0.29, 0.717) is 17.2 Å². The number of nitrogens with one attached hydrogen (secondary N) is 1. The molecule has 2 aromatic carbocycles. The molecule has 8 heteroatoms. The second-order valence-electron chi connectivity index (χ2n) is 11.5. The van der Waals surface area contributed by atoms with Crippen molar-refractivity contribution in [2.75, 3.05) is 32.1 Å². The van der Waals surface area contributed by atoms with Gasteiger partial charge in [-0.3, -0.25) is 9.78 Å². The van der Waals surface area contributed by atoms with Crippen LogP contribution in [0.15, 0.2) is 36.5 Å². The smallest absolute Gasteiger partial charge is 0.176 e. The summed E-state index contributed by atoms with van der Waals surface area (Å²) in [5, 5.41) is 25.0. The number of halogens is 1. The summed E-state index contributed by atoms with van der Waals surface area (Å²) in [7, 11) is 1.50. The van der Waals surface area contributed by atoms with E-state index in [2.05, 4.69) is 21.3 Å². The van der Waals surface area contributed by atoms with Crippen molar-refractivity contribution in [2.24, 2.45) is 11.8 Å². The molecule has 0 radical (unpaired) electrons. The summed E-state index contributed by atoms with van der Waals surface area (Å²) in [5.41, 5.74) is 4.10. The molecule has 2 aliphatic carbocycles. The molecule has 2 heterocycles. The van der Waals surface area contributed by atoms with E-state index < -0.39 is 0 Å². The number of aromatic hydroxyl groups is 1. The van der Waals surface area contributed by atoms with E-state index in [0.717, 1.165) is 92.3 Å². The number of anilines is 1. The molecular weight excluding hydrogens is 514 g/mol. The van der Waals surface area contributed by atoms with Crippen LogP contribution in [0.2, 0.25) is 5.02 Å². The first-order valence-electron chi connectivity index (χ1n) is 14.1. The van der Waals surface area contributed by atoms with Gasteiger partial charge in [-0.1, -0.05) is 17.7 Å². The number of ketones is 1. The number of benzene rings is 2. The number of hydrogen-bond acceptors (Lipinski definition) is 7. The number of rotatable bonds is 8. The van der Waals surface area contributed by atoms with Crippen LogP contribution in [-0.4, -0.2) is 64.8 Å². The Morgan fingerprint density at radius 2 is 1.90 bits per heavy atom. The first-order valence-corrected chi connectivity index (χ1v) is 14.5. The topological polar surface area (TPSA) is 94.9 Å². The number of nitrogens with zero attached hydrogens (tertiary/aromatic N) is 2. The monoisotopic (exact) mass is 549 g/mol. The zero-order valence-electron chi connectivity index (χ0n) is 22.3. The molecule has 1 aromatic heterocycles. The Hall–Kier alpha value is -2.87. The lowest BCUT2D eigenvalue weighted by Gasteiger charge is -2.32. The standard InChI is InChI=1S/C31H36ClN3O4/c1-39-28-14-21(13-26(32)31(28)38)20-6-9-27-24(12-20)29(25(15-33-27)30(37)19-4-5-19)34-22-7-2-18(3-8-22)16-35-11-10-23(36)17-35/h6,9,12-15,18-19,22-23,36,38H,2-5,7-8,10-11,16-17H2,1H3,(H,33,34)/t18-,22-,23?. The highest BCUT2D eigenvalue weighted by molar-refractivity contribution is 6.32. The number of carbonyl (C=O) groups is 1. The number of likely N-dealkylation sites (tertiary alicyclic amines) is 1. The van der Waals surface area contributed by atoms with Gasteiger partial charge in [0.15, 0.2) is 17.3 Å². The normalized spacial score (nSPS) is 23.7. The molecule has 206 valence electrons. The third-order valence-corrected chi connectivity index (χ3v) is 8.91. The average molecular weight is 550 g/mol. The maximum absolute atomic E-state index is 13.3. The Balaban J connectivity index is 1.29. The number of aliphatic hydroxyl groups excluding tert-OH is 1. The predicted octanol–water partition coefficient (Wildman–Crippen LogP) is 5.90. The lowest BCUT2D eigenvalue weighted by Crippen LogP contribution is -2.33. The zero-order valence-corrected chi connectivity index (χ0v) is 23.1. The molecular formula is C31H36ClN3O4. The number of phenols is 1. The number of aromatic nitrogens is 1. The van der Waals surface area contributed by atoms with Crippen molar-refractivity contribution in [3.63, 3.8) is 0 Å². The van der Waals surface area contributed by atoms with Gasteiger partial charge in [-0.15, -0.1) is 0 Å². The first-order chi connectivity index (χ1) is 18.9. The maximum Gasteiger partial charge on any atom is 0.176 e. The highest BCUT2D eigenvalue weighted by Crippen LogP contribution is 2.41. The fraction of sp³-hybridized carbons (Fsp3) is 0.484. The van der Waals surface area contributed by atoms with E-state index in [9.17, 15) is 15.0 Å².